The number of aromatic nitrogens is 2. The van der Waals surface area contributed by atoms with Crippen molar-refractivity contribution in [1.29, 1.82) is 0 Å². The minimum absolute atomic E-state index is 0.0705. The van der Waals surface area contributed by atoms with E-state index in [1.807, 2.05) is 27.7 Å². The molecule has 0 fully saturated rings. The first-order chi connectivity index (χ1) is 13.2. The number of benzene rings is 1. The number of carbonyl (C=O) groups is 1. The molecule has 28 heavy (non-hydrogen) atoms. The molecule has 3 aromatic rings. The maximum Gasteiger partial charge on any atom is 0.263 e. The third kappa shape index (κ3) is 4.08. The molecular weight excluding hydrogens is 437 g/mol. The number of hydrogen-bond donors (Lipinski definition) is 1. The Labute approximate surface area is 181 Å². The number of nitrogens with zero attached hydrogens (tertiary/aromatic N) is 2. The van der Waals surface area contributed by atoms with Gasteiger partial charge in [0.2, 0.25) is 5.91 Å². The average molecular weight is 456 g/mol. The second kappa shape index (κ2) is 8.45. The van der Waals surface area contributed by atoms with Crippen LogP contribution in [0.25, 0.3) is 10.2 Å². The quantitative estimate of drug-likeness (QED) is 0.396. The van der Waals surface area contributed by atoms with Gasteiger partial charge >= 0.3 is 0 Å². The van der Waals surface area contributed by atoms with Gasteiger partial charge in [-0.05, 0) is 45.4 Å². The second-order valence-corrected chi connectivity index (χ2v) is 9.52. The van der Waals surface area contributed by atoms with Gasteiger partial charge in [0.15, 0.2) is 5.16 Å². The summed E-state index contributed by atoms with van der Waals surface area (Å²) >= 11 is 14.9. The SMILES string of the molecule is Cc1sc2nc(SCC(=O)Nc3c(Cl)cccc3Cl)n(C(C)C)c(=O)c2c1C. The summed E-state index contributed by atoms with van der Waals surface area (Å²) < 4.78 is 1.64. The van der Waals surface area contributed by atoms with Crippen molar-refractivity contribution in [3.63, 3.8) is 0 Å². The highest BCUT2D eigenvalue weighted by atomic mass is 35.5. The maximum absolute atomic E-state index is 13.0. The first kappa shape index (κ1) is 21.2. The molecule has 1 N–H and O–H groups in total. The zero-order chi connectivity index (χ0) is 20.6. The number of nitrogens with one attached hydrogen (secondary N) is 1. The fourth-order valence-corrected chi connectivity index (χ4v) is 5.26. The van der Waals surface area contributed by atoms with Crippen LogP contribution in [0.1, 0.15) is 30.3 Å². The van der Waals surface area contributed by atoms with Crippen LogP contribution in [0.4, 0.5) is 5.69 Å². The number of carbonyl (C=O) groups excluding carboxylic acids is 1. The van der Waals surface area contributed by atoms with Gasteiger partial charge < -0.3 is 5.32 Å². The summed E-state index contributed by atoms with van der Waals surface area (Å²) in [6, 6.07) is 4.95. The van der Waals surface area contributed by atoms with E-state index in [9.17, 15) is 9.59 Å². The van der Waals surface area contributed by atoms with Crippen molar-refractivity contribution >= 4 is 68.1 Å². The number of fused-ring (bicyclic) bond motifs is 1. The van der Waals surface area contributed by atoms with Gasteiger partial charge in [0.25, 0.3) is 5.56 Å². The molecule has 0 aliphatic rings. The molecule has 3 rings (SSSR count). The Morgan fingerprint density at radius 2 is 1.93 bits per heavy atom. The maximum atomic E-state index is 13.0. The van der Waals surface area contributed by atoms with Crippen LogP contribution in [0.5, 0.6) is 0 Å². The second-order valence-electron chi connectivity index (χ2n) is 6.56. The Morgan fingerprint density at radius 1 is 1.29 bits per heavy atom. The fourth-order valence-electron chi connectivity index (χ4n) is 2.77. The van der Waals surface area contributed by atoms with E-state index in [2.05, 4.69) is 10.3 Å². The van der Waals surface area contributed by atoms with Crippen molar-refractivity contribution in [2.45, 2.75) is 38.9 Å². The molecule has 5 nitrogen and oxygen atoms in total. The van der Waals surface area contributed by atoms with E-state index in [-0.39, 0.29) is 23.3 Å². The van der Waals surface area contributed by atoms with Crippen molar-refractivity contribution in [2.75, 3.05) is 11.1 Å². The predicted octanol–water partition coefficient (Wildman–Crippen LogP) is 5.69. The summed E-state index contributed by atoms with van der Waals surface area (Å²) in [5.41, 5.74) is 1.28. The highest BCUT2D eigenvalue weighted by Gasteiger charge is 2.19. The zero-order valence-electron chi connectivity index (χ0n) is 15.8. The molecule has 0 spiro atoms. The smallest absolute Gasteiger partial charge is 0.263 e. The van der Waals surface area contributed by atoms with Crippen LogP contribution in [-0.4, -0.2) is 21.2 Å². The lowest BCUT2D eigenvalue weighted by molar-refractivity contribution is -0.113. The van der Waals surface area contributed by atoms with Crippen LogP contribution in [0.3, 0.4) is 0 Å². The number of thioether (sulfide) groups is 1. The van der Waals surface area contributed by atoms with Crippen molar-refractivity contribution < 1.29 is 4.79 Å². The monoisotopic (exact) mass is 455 g/mol. The van der Waals surface area contributed by atoms with Gasteiger partial charge in [-0.25, -0.2) is 4.98 Å². The van der Waals surface area contributed by atoms with E-state index in [4.69, 9.17) is 23.2 Å². The molecule has 0 atom stereocenters. The first-order valence-corrected chi connectivity index (χ1v) is 11.2. The molecule has 1 amide bonds. The molecular formula is C19H19Cl2N3O2S2. The summed E-state index contributed by atoms with van der Waals surface area (Å²) in [5.74, 6) is -0.196. The standard InChI is InChI=1S/C19H19Cl2N3O2S2/c1-9(2)24-18(26)15-10(3)11(4)28-17(15)23-19(24)27-8-14(25)22-16-12(20)6-5-7-13(16)21/h5-7,9H,8H2,1-4H3,(H,22,25). The van der Waals surface area contributed by atoms with Crippen molar-refractivity contribution in [2.24, 2.45) is 0 Å². The summed E-state index contributed by atoms with van der Waals surface area (Å²) in [5, 5.41) is 4.65. The number of anilines is 1. The molecule has 0 saturated heterocycles. The molecule has 0 aliphatic carbocycles. The van der Waals surface area contributed by atoms with Gasteiger partial charge in [0.05, 0.1) is 26.9 Å². The topological polar surface area (TPSA) is 64.0 Å². The number of rotatable bonds is 5. The van der Waals surface area contributed by atoms with Crippen LogP contribution in [0.15, 0.2) is 28.2 Å². The van der Waals surface area contributed by atoms with Gasteiger partial charge in [-0.2, -0.15) is 0 Å². The normalized spacial score (nSPS) is 11.4. The number of halogens is 2. The lowest BCUT2D eigenvalue weighted by Gasteiger charge is -2.15. The first-order valence-electron chi connectivity index (χ1n) is 8.59. The van der Waals surface area contributed by atoms with Crippen LogP contribution in [0, 0.1) is 13.8 Å². The zero-order valence-corrected chi connectivity index (χ0v) is 18.9. The van der Waals surface area contributed by atoms with Gasteiger partial charge in [-0.3, -0.25) is 14.2 Å². The summed E-state index contributed by atoms with van der Waals surface area (Å²) in [6.45, 7) is 7.78. The molecule has 0 bridgehead atoms. The van der Waals surface area contributed by atoms with Crippen LogP contribution < -0.4 is 10.9 Å². The number of amides is 1. The minimum atomic E-state index is -0.275. The highest BCUT2D eigenvalue weighted by Crippen LogP contribution is 2.31. The third-order valence-corrected chi connectivity index (χ3v) is 6.96. The molecule has 2 heterocycles. The van der Waals surface area contributed by atoms with E-state index < -0.39 is 0 Å². The van der Waals surface area contributed by atoms with Crippen molar-refractivity contribution in [1.82, 2.24) is 9.55 Å². The third-order valence-electron chi connectivity index (χ3n) is 4.28. The minimum Gasteiger partial charge on any atom is -0.323 e. The van der Waals surface area contributed by atoms with E-state index in [1.54, 1.807) is 22.8 Å². The van der Waals surface area contributed by atoms with E-state index in [0.29, 0.717) is 31.1 Å². The highest BCUT2D eigenvalue weighted by molar-refractivity contribution is 7.99. The average Bonchev–Trinajstić information content (AvgIpc) is 2.90. The Balaban J connectivity index is 1.89. The lowest BCUT2D eigenvalue weighted by atomic mass is 10.2. The predicted molar refractivity (Wildman–Crippen MR) is 120 cm³/mol. The Bertz CT molecular complexity index is 1100. The number of hydrogen-bond acceptors (Lipinski definition) is 5. The van der Waals surface area contributed by atoms with E-state index >= 15 is 0 Å². The van der Waals surface area contributed by atoms with E-state index in [1.165, 1.54) is 23.1 Å². The Morgan fingerprint density at radius 3 is 2.54 bits per heavy atom. The molecule has 0 aliphatic heterocycles. The Kier molecular flexibility index (Phi) is 6.39. The van der Waals surface area contributed by atoms with Crippen molar-refractivity contribution in [3.8, 4) is 0 Å². The summed E-state index contributed by atoms with van der Waals surface area (Å²) in [6.07, 6.45) is 0. The van der Waals surface area contributed by atoms with Crippen molar-refractivity contribution in [3.05, 3.63) is 49.0 Å². The van der Waals surface area contributed by atoms with Crippen LogP contribution in [-0.2, 0) is 4.79 Å². The van der Waals surface area contributed by atoms with Gasteiger partial charge in [0.1, 0.15) is 4.83 Å². The fraction of sp³-hybridized carbons (Fsp3) is 0.316. The molecule has 148 valence electrons. The van der Waals surface area contributed by atoms with Crippen LogP contribution in [0.2, 0.25) is 10.0 Å². The van der Waals surface area contributed by atoms with Gasteiger partial charge in [0, 0.05) is 10.9 Å². The number of thiophene rings is 1. The molecule has 2 aromatic heterocycles. The summed E-state index contributed by atoms with van der Waals surface area (Å²) in [4.78, 5) is 31.9. The molecule has 0 radical (unpaired) electrons. The van der Waals surface area contributed by atoms with Gasteiger partial charge in [-0.15, -0.1) is 11.3 Å². The Hall–Kier alpha value is -1.54. The lowest BCUT2D eigenvalue weighted by Crippen LogP contribution is -2.25. The summed E-state index contributed by atoms with van der Waals surface area (Å²) in [7, 11) is 0. The van der Waals surface area contributed by atoms with Crippen LogP contribution >= 0.6 is 46.3 Å². The largest absolute Gasteiger partial charge is 0.323 e. The van der Waals surface area contributed by atoms with Gasteiger partial charge in [-0.1, -0.05) is 41.0 Å². The number of para-hydroxylation sites is 1. The molecule has 0 unspecified atom stereocenters. The van der Waals surface area contributed by atoms with E-state index in [0.717, 1.165) is 10.4 Å². The molecule has 9 heteroatoms. The molecule has 0 saturated carbocycles. The number of aryl methyl sites for hydroxylation is 2. The molecule has 1 aromatic carbocycles.